The fourth-order valence-electron chi connectivity index (χ4n) is 5.41. The molecule has 0 unspecified atom stereocenters. The van der Waals surface area contributed by atoms with Gasteiger partial charge >= 0.3 is 0 Å². The summed E-state index contributed by atoms with van der Waals surface area (Å²) in [6.07, 6.45) is 6.79. The molecular formula is C31H32F2N2O6S. The summed E-state index contributed by atoms with van der Waals surface area (Å²) in [5.41, 5.74) is 0.227. The maximum absolute atomic E-state index is 14.1. The van der Waals surface area contributed by atoms with Crippen molar-refractivity contribution in [3.05, 3.63) is 48.2 Å². The molecule has 0 saturated heterocycles. The molecule has 2 aliphatic carbocycles. The number of carbonyl (C=O) groups is 2. The number of nitrogens with zero attached hydrogens (tertiary/aromatic N) is 1. The highest BCUT2D eigenvalue weighted by molar-refractivity contribution is 7.92. The van der Waals surface area contributed by atoms with Crippen LogP contribution in [-0.4, -0.2) is 52.0 Å². The summed E-state index contributed by atoms with van der Waals surface area (Å²) >= 11 is 0. The van der Waals surface area contributed by atoms with E-state index in [1.54, 1.807) is 36.4 Å². The van der Waals surface area contributed by atoms with Crippen molar-refractivity contribution >= 4 is 38.4 Å². The average molecular weight is 599 g/mol. The molecule has 1 amide bonds. The summed E-state index contributed by atoms with van der Waals surface area (Å²) in [6.45, 7) is 0. The number of nitrogens with one attached hydrogen (secondary N) is 1. The number of rotatable bonds is 9. The van der Waals surface area contributed by atoms with Crippen LogP contribution in [0.2, 0.25) is 0 Å². The topological polar surface area (TPSA) is 106 Å². The number of fused-ring (bicyclic) bond motifs is 1. The Balaban J connectivity index is 1.41. The van der Waals surface area contributed by atoms with Gasteiger partial charge < -0.3 is 14.5 Å². The number of hydrogen-bond donors (Lipinski definition) is 1. The van der Waals surface area contributed by atoms with Gasteiger partial charge in [-0.05, 0) is 61.1 Å². The number of amides is 1. The number of ether oxygens (including phenoxy) is 1. The maximum atomic E-state index is 14.1. The third-order valence-corrected chi connectivity index (χ3v) is 9.67. The third kappa shape index (κ3) is 5.73. The lowest BCUT2D eigenvalue weighted by molar-refractivity contribution is -0.131. The summed E-state index contributed by atoms with van der Waals surface area (Å²) in [6, 6.07) is 11.9. The van der Waals surface area contributed by atoms with Crippen molar-refractivity contribution in [3.63, 3.8) is 0 Å². The lowest BCUT2D eigenvalue weighted by Gasteiger charge is -2.39. The van der Waals surface area contributed by atoms with Crippen LogP contribution in [-0.2, 0) is 14.8 Å². The van der Waals surface area contributed by atoms with Gasteiger partial charge in [0, 0.05) is 37.1 Å². The van der Waals surface area contributed by atoms with Crippen LogP contribution in [0.1, 0.15) is 55.5 Å². The largest absolute Gasteiger partial charge is 0.495 e. The van der Waals surface area contributed by atoms with E-state index in [0.29, 0.717) is 35.2 Å². The molecule has 2 aliphatic rings. The Bertz CT molecular complexity index is 1710. The normalized spacial score (nSPS) is 18.6. The van der Waals surface area contributed by atoms with E-state index < -0.39 is 45.6 Å². The molecule has 0 radical (unpaired) electrons. The van der Waals surface area contributed by atoms with Crippen LogP contribution >= 0.6 is 0 Å². The molecule has 0 bridgehead atoms. The molecule has 42 heavy (non-hydrogen) atoms. The molecule has 0 atom stereocenters. The van der Waals surface area contributed by atoms with Gasteiger partial charge in [-0.2, -0.15) is 0 Å². The minimum absolute atomic E-state index is 0.0427. The predicted molar refractivity (Wildman–Crippen MR) is 155 cm³/mol. The van der Waals surface area contributed by atoms with Gasteiger partial charge in [-0.25, -0.2) is 17.2 Å². The van der Waals surface area contributed by atoms with Crippen LogP contribution < -0.4 is 14.4 Å². The number of Topliss-reactive ketones (excluding diaryl/α,β-unsaturated/α-hetero) is 1. The Morgan fingerprint density at radius 2 is 1.69 bits per heavy atom. The lowest BCUT2D eigenvalue weighted by Crippen LogP contribution is -2.58. The first-order chi connectivity index (χ1) is 19.7. The second-order valence-corrected chi connectivity index (χ2v) is 13.4. The number of carbonyl (C=O) groups excluding carboxylic acids is 2. The molecular weight excluding hydrogens is 566 g/mol. The van der Waals surface area contributed by atoms with Crippen LogP contribution in [0.5, 0.6) is 5.75 Å². The van der Waals surface area contributed by atoms with Crippen molar-refractivity contribution in [2.75, 3.05) is 24.7 Å². The van der Waals surface area contributed by atoms with Gasteiger partial charge in [-0.1, -0.05) is 24.1 Å². The van der Waals surface area contributed by atoms with Crippen molar-refractivity contribution < 1.29 is 35.9 Å². The predicted octanol–water partition coefficient (Wildman–Crippen LogP) is 5.55. The highest BCUT2D eigenvalue weighted by Gasteiger charge is 2.52. The Kier molecular flexibility index (Phi) is 7.34. The zero-order valence-electron chi connectivity index (χ0n) is 23.6. The van der Waals surface area contributed by atoms with E-state index in [1.165, 1.54) is 14.2 Å². The first kappa shape index (κ1) is 29.6. The quantitative estimate of drug-likeness (QED) is 0.324. The van der Waals surface area contributed by atoms with Crippen LogP contribution in [0.4, 0.5) is 14.5 Å². The van der Waals surface area contributed by atoms with Gasteiger partial charge in [-0.15, -0.1) is 6.42 Å². The molecule has 2 saturated carbocycles. The number of ketones is 1. The molecule has 1 aromatic heterocycles. The highest BCUT2D eigenvalue weighted by Crippen LogP contribution is 2.50. The van der Waals surface area contributed by atoms with Gasteiger partial charge in [0.05, 0.1) is 24.6 Å². The van der Waals surface area contributed by atoms with E-state index in [9.17, 15) is 26.8 Å². The molecule has 2 aromatic carbocycles. The molecule has 1 N–H and O–H groups in total. The molecule has 11 heteroatoms. The third-order valence-electron chi connectivity index (χ3n) is 8.47. The maximum Gasteiger partial charge on any atom is 0.287 e. The van der Waals surface area contributed by atoms with E-state index in [2.05, 4.69) is 11.2 Å². The highest BCUT2D eigenvalue weighted by atomic mass is 32.2. The molecule has 1 heterocycles. The molecule has 0 aliphatic heterocycles. The zero-order valence-corrected chi connectivity index (χ0v) is 24.4. The zero-order chi connectivity index (χ0) is 30.5. The van der Waals surface area contributed by atoms with Crippen molar-refractivity contribution in [1.29, 1.82) is 0 Å². The smallest absolute Gasteiger partial charge is 0.287 e. The SMILES string of the molecule is C#CC1(CC(=O)C2(NC(=O)c3cc4ccc(-c5ccc(N(C)S(C)(=O)=O)c(OC)c5)cc4o3)CCC(F)(F)CC2)CC1. The number of anilines is 1. The van der Waals surface area contributed by atoms with Gasteiger partial charge in [0.15, 0.2) is 11.5 Å². The number of benzene rings is 2. The summed E-state index contributed by atoms with van der Waals surface area (Å²) in [5.74, 6) is -0.908. The standard InChI is InChI=1S/C31H32F2N2O6S/c1-5-29(10-11-29)19-27(36)30(12-14-31(32,33)15-13-30)34-28(37)26-18-22-7-6-20(16-24(22)41-26)21-8-9-23(25(17-21)40-3)35(2)42(4,38)39/h1,6-9,16-18H,10-15,19H2,2-4H3,(H,34,37). The Hall–Kier alpha value is -3.91. The number of halogens is 2. The molecule has 3 aromatic rings. The first-order valence-electron chi connectivity index (χ1n) is 13.6. The van der Waals surface area contributed by atoms with E-state index in [0.717, 1.165) is 21.7 Å². The molecule has 2 fully saturated rings. The van der Waals surface area contributed by atoms with Crippen molar-refractivity contribution in [1.82, 2.24) is 5.32 Å². The minimum Gasteiger partial charge on any atom is -0.495 e. The first-order valence-corrected chi connectivity index (χ1v) is 15.4. The fraction of sp³-hybridized carbons (Fsp3) is 0.419. The molecule has 5 rings (SSSR count). The van der Waals surface area contributed by atoms with E-state index in [1.807, 2.05) is 6.07 Å². The number of furan rings is 1. The van der Waals surface area contributed by atoms with Crippen molar-refractivity contribution in [2.24, 2.45) is 5.41 Å². The minimum atomic E-state index is -3.50. The monoisotopic (exact) mass is 598 g/mol. The van der Waals surface area contributed by atoms with E-state index in [4.69, 9.17) is 15.6 Å². The van der Waals surface area contributed by atoms with Gasteiger partial charge in [0.1, 0.15) is 11.3 Å². The summed E-state index contributed by atoms with van der Waals surface area (Å²) in [7, 11) is -0.620. The number of alkyl halides is 2. The summed E-state index contributed by atoms with van der Waals surface area (Å²) in [4.78, 5) is 26.8. The number of sulfonamides is 1. The van der Waals surface area contributed by atoms with Crippen molar-refractivity contribution in [2.45, 2.75) is 56.4 Å². The number of methoxy groups -OCH3 is 1. The lowest BCUT2D eigenvalue weighted by atomic mass is 9.74. The Morgan fingerprint density at radius 1 is 1.05 bits per heavy atom. The van der Waals surface area contributed by atoms with Gasteiger partial charge in [0.2, 0.25) is 15.9 Å². The van der Waals surface area contributed by atoms with E-state index >= 15 is 0 Å². The van der Waals surface area contributed by atoms with Crippen LogP contribution in [0.3, 0.4) is 0 Å². The van der Waals surface area contributed by atoms with Crippen LogP contribution in [0.15, 0.2) is 46.9 Å². The second kappa shape index (κ2) is 10.4. The molecule has 8 nitrogen and oxygen atoms in total. The van der Waals surface area contributed by atoms with E-state index in [-0.39, 0.29) is 30.8 Å². The van der Waals surface area contributed by atoms with Crippen LogP contribution in [0, 0.1) is 17.8 Å². The second-order valence-electron chi connectivity index (χ2n) is 11.4. The Labute approximate surface area is 243 Å². The average Bonchev–Trinajstić information content (AvgIpc) is 3.59. The fourth-order valence-corrected chi connectivity index (χ4v) is 5.92. The molecule has 222 valence electrons. The summed E-state index contributed by atoms with van der Waals surface area (Å²) in [5, 5.41) is 3.39. The Morgan fingerprint density at radius 3 is 2.29 bits per heavy atom. The number of hydrogen-bond acceptors (Lipinski definition) is 6. The van der Waals surface area contributed by atoms with Crippen LogP contribution in [0.25, 0.3) is 22.1 Å². The molecule has 0 spiro atoms. The number of terminal acetylenes is 1. The van der Waals surface area contributed by atoms with Gasteiger partial charge in [0.25, 0.3) is 5.91 Å². The van der Waals surface area contributed by atoms with Crippen molar-refractivity contribution in [3.8, 4) is 29.2 Å². The summed E-state index contributed by atoms with van der Waals surface area (Å²) < 4.78 is 64.6. The van der Waals surface area contributed by atoms with Gasteiger partial charge in [-0.3, -0.25) is 13.9 Å².